The molecule has 0 saturated carbocycles. The lowest BCUT2D eigenvalue weighted by Gasteiger charge is -2.26. The van der Waals surface area contributed by atoms with Crippen LogP contribution in [-0.4, -0.2) is 0 Å². The van der Waals surface area contributed by atoms with Crippen molar-refractivity contribution in [3.63, 3.8) is 0 Å². The summed E-state index contributed by atoms with van der Waals surface area (Å²) >= 11 is 1.16. The second-order valence-corrected chi connectivity index (χ2v) is 6.98. The van der Waals surface area contributed by atoms with Gasteiger partial charge in [-0.3, -0.25) is 4.79 Å². The molecule has 0 spiro atoms. The summed E-state index contributed by atoms with van der Waals surface area (Å²) in [5.74, 6) is 0.00505. The Morgan fingerprint density at radius 1 is 1.16 bits per heavy atom. The summed E-state index contributed by atoms with van der Waals surface area (Å²) in [5, 5.41) is 10.4. The normalized spacial score (nSPS) is 16.2. The van der Waals surface area contributed by atoms with Crippen molar-refractivity contribution in [2.24, 2.45) is 5.73 Å². The van der Waals surface area contributed by atoms with Gasteiger partial charge >= 0.3 is 0 Å². The Bertz CT molecular complexity index is 1120. The first-order valence-electron chi connectivity index (χ1n) is 7.80. The van der Waals surface area contributed by atoms with Crippen molar-refractivity contribution in [3.05, 3.63) is 86.2 Å². The van der Waals surface area contributed by atoms with E-state index < -0.39 is 5.92 Å². The van der Waals surface area contributed by atoms with E-state index in [-0.39, 0.29) is 16.2 Å². The minimum absolute atomic E-state index is 0.0568. The zero-order valence-corrected chi connectivity index (χ0v) is 14.3. The number of nitriles is 1. The van der Waals surface area contributed by atoms with Gasteiger partial charge in [0.25, 0.3) is 0 Å². The third-order valence-electron chi connectivity index (χ3n) is 4.38. The molecule has 5 heteroatoms. The molecule has 1 unspecified atom stereocenters. The summed E-state index contributed by atoms with van der Waals surface area (Å²) in [7, 11) is 0. The predicted molar refractivity (Wildman–Crippen MR) is 98.6 cm³/mol. The van der Waals surface area contributed by atoms with Crippen LogP contribution in [0, 0.1) is 18.3 Å². The van der Waals surface area contributed by atoms with Gasteiger partial charge in [-0.15, -0.1) is 0 Å². The van der Waals surface area contributed by atoms with Gasteiger partial charge in [0.2, 0.25) is 10.6 Å². The van der Waals surface area contributed by atoms with E-state index in [0.29, 0.717) is 11.3 Å². The van der Waals surface area contributed by atoms with Crippen LogP contribution in [0.15, 0.2) is 64.8 Å². The average molecular weight is 346 g/mol. The van der Waals surface area contributed by atoms with Crippen molar-refractivity contribution in [2.45, 2.75) is 12.8 Å². The van der Waals surface area contributed by atoms with Crippen LogP contribution in [0.1, 0.15) is 22.6 Å². The predicted octanol–water partition coefficient (Wildman–Crippen LogP) is 3.79. The maximum Gasteiger partial charge on any atom is 0.240 e. The molecule has 4 nitrogen and oxygen atoms in total. The van der Waals surface area contributed by atoms with Crippen molar-refractivity contribution in [3.8, 4) is 11.8 Å². The van der Waals surface area contributed by atoms with E-state index in [1.807, 2.05) is 55.5 Å². The fourth-order valence-corrected chi connectivity index (χ4v) is 4.10. The molecule has 122 valence electrons. The lowest BCUT2D eigenvalue weighted by atomic mass is 9.84. The van der Waals surface area contributed by atoms with Crippen LogP contribution < -0.4 is 15.2 Å². The SMILES string of the molecule is Cc1ccc(C2C(C#N)=C(N)Oc3c2c(=O)sc2ccccc32)cc1. The van der Waals surface area contributed by atoms with Crippen molar-refractivity contribution >= 4 is 21.4 Å². The number of nitrogens with two attached hydrogens (primary N) is 1. The van der Waals surface area contributed by atoms with Crippen molar-refractivity contribution in [1.29, 1.82) is 5.26 Å². The highest BCUT2D eigenvalue weighted by Crippen LogP contribution is 2.44. The third kappa shape index (κ3) is 2.39. The molecule has 0 radical (unpaired) electrons. The minimum Gasteiger partial charge on any atom is -0.439 e. The van der Waals surface area contributed by atoms with Crippen LogP contribution in [0.5, 0.6) is 5.75 Å². The van der Waals surface area contributed by atoms with Gasteiger partial charge in [0.05, 0.1) is 11.5 Å². The lowest BCUT2D eigenvalue weighted by Crippen LogP contribution is -2.25. The van der Waals surface area contributed by atoms with Gasteiger partial charge in [-0.1, -0.05) is 53.3 Å². The molecule has 1 aliphatic rings. The monoisotopic (exact) mass is 346 g/mol. The highest BCUT2D eigenvalue weighted by molar-refractivity contribution is 7.16. The Hall–Kier alpha value is -3.10. The molecule has 3 aromatic rings. The maximum atomic E-state index is 12.9. The molecule has 0 bridgehead atoms. The summed E-state index contributed by atoms with van der Waals surface area (Å²) in [6.07, 6.45) is 0. The van der Waals surface area contributed by atoms with E-state index in [9.17, 15) is 10.1 Å². The molecule has 1 atom stereocenters. The van der Waals surface area contributed by atoms with Crippen molar-refractivity contribution < 1.29 is 4.74 Å². The van der Waals surface area contributed by atoms with Gasteiger partial charge in [-0.05, 0) is 24.6 Å². The Morgan fingerprint density at radius 3 is 2.60 bits per heavy atom. The number of aryl methyl sites for hydroxylation is 1. The van der Waals surface area contributed by atoms with Gasteiger partial charge in [0.1, 0.15) is 17.4 Å². The van der Waals surface area contributed by atoms with Crippen LogP contribution in [0.2, 0.25) is 0 Å². The molecule has 2 heterocycles. The molecule has 0 fully saturated rings. The second-order valence-electron chi connectivity index (χ2n) is 5.96. The highest BCUT2D eigenvalue weighted by Gasteiger charge is 2.34. The van der Waals surface area contributed by atoms with Gasteiger partial charge in [0, 0.05) is 10.1 Å². The first-order chi connectivity index (χ1) is 12.1. The number of nitrogens with zero attached hydrogens (tertiary/aromatic N) is 1. The summed E-state index contributed by atoms with van der Waals surface area (Å²) in [6, 6.07) is 17.5. The number of fused-ring (bicyclic) bond motifs is 3. The first kappa shape index (κ1) is 15.4. The van der Waals surface area contributed by atoms with Gasteiger partial charge < -0.3 is 10.5 Å². The van der Waals surface area contributed by atoms with E-state index >= 15 is 0 Å². The fourth-order valence-electron chi connectivity index (χ4n) is 3.16. The molecule has 1 aromatic heterocycles. The maximum absolute atomic E-state index is 12.9. The molecular weight excluding hydrogens is 332 g/mol. The molecule has 2 N–H and O–H groups in total. The number of hydrogen-bond donors (Lipinski definition) is 1. The first-order valence-corrected chi connectivity index (χ1v) is 8.61. The molecule has 2 aromatic carbocycles. The van der Waals surface area contributed by atoms with Crippen LogP contribution in [0.3, 0.4) is 0 Å². The van der Waals surface area contributed by atoms with E-state index in [1.54, 1.807) is 0 Å². The Morgan fingerprint density at radius 2 is 1.88 bits per heavy atom. The van der Waals surface area contributed by atoms with Crippen LogP contribution >= 0.6 is 11.3 Å². The Balaban J connectivity index is 2.08. The number of allylic oxidation sites excluding steroid dienone is 1. The molecule has 4 rings (SSSR count). The van der Waals surface area contributed by atoms with E-state index in [1.165, 1.54) is 0 Å². The van der Waals surface area contributed by atoms with Crippen LogP contribution in [-0.2, 0) is 0 Å². The molecule has 0 amide bonds. The standard InChI is InChI=1S/C20H14N2O2S/c1-11-6-8-12(9-7-11)16-14(10-21)19(22)24-18-13-4-2-3-5-15(13)25-20(23)17(16)18/h2-9,16H,22H2,1H3. The van der Waals surface area contributed by atoms with E-state index in [4.69, 9.17) is 10.5 Å². The van der Waals surface area contributed by atoms with Crippen molar-refractivity contribution in [1.82, 2.24) is 0 Å². The average Bonchev–Trinajstić information content (AvgIpc) is 2.61. The summed E-state index contributed by atoms with van der Waals surface area (Å²) in [4.78, 5) is 12.9. The highest BCUT2D eigenvalue weighted by atomic mass is 32.1. The summed E-state index contributed by atoms with van der Waals surface area (Å²) in [6.45, 7) is 1.99. The van der Waals surface area contributed by atoms with Crippen LogP contribution in [0.25, 0.3) is 10.1 Å². The van der Waals surface area contributed by atoms with Gasteiger partial charge in [-0.2, -0.15) is 5.26 Å². The van der Waals surface area contributed by atoms with E-state index in [2.05, 4.69) is 6.07 Å². The number of ether oxygens (including phenoxy) is 1. The number of rotatable bonds is 1. The quantitative estimate of drug-likeness (QED) is 0.727. The zero-order valence-electron chi connectivity index (χ0n) is 13.4. The molecule has 25 heavy (non-hydrogen) atoms. The number of benzene rings is 2. The van der Waals surface area contributed by atoms with E-state index in [0.717, 1.165) is 32.5 Å². The largest absolute Gasteiger partial charge is 0.439 e. The minimum atomic E-state index is -0.511. The van der Waals surface area contributed by atoms with Gasteiger partial charge in [-0.25, -0.2) is 0 Å². The summed E-state index contributed by atoms with van der Waals surface area (Å²) in [5.41, 5.74) is 8.76. The Labute approximate surface area is 148 Å². The molecule has 1 aliphatic heterocycles. The molecule has 0 aliphatic carbocycles. The topological polar surface area (TPSA) is 76.1 Å². The lowest BCUT2D eigenvalue weighted by molar-refractivity contribution is 0.398. The van der Waals surface area contributed by atoms with Crippen LogP contribution in [0.4, 0.5) is 0 Å². The summed E-state index contributed by atoms with van der Waals surface area (Å²) < 4.78 is 6.47. The number of hydrogen-bond acceptors (Lipinski definition) is 5. The second kappa shape index (κ2) is 5.76. The molecular formula is C20H14N2O2S. The smallest absolute Gasteiger partial charge is 0.240 e. The van der Waals surface area contributed by atoms with Gasteiger partial charge in [0.15, 0.2) is 0 Å². The fraction of sp³-hybridized carbons (Fsp3) is 0.100. The Kier molecular flexibility index (Phi) is 3.56. The van der Waals surface area contributed by atoms with Crippen molar-refractivity contribution in [2.75, 3.05) is 0 Å². The third-order valence-corrected chi connectivity index (χ3v) is 5.37. The zero-order chi connectivity index (χ0) is 17.6. The molecule has 0 saturated heterocycles.